The largest absolute Gasteiger partial charge is 0.277 e. The number of carbonyl (C=O) groups is 1. The van der Waals surface area contributed by atoms with Gasteiger partial charge >= 0.3 is 0 Å². The topological polar surface area (TPSA) is 75.7 Å². The highest BCUT2D eigenvalue weighted by Crippen LogP contribution is 2.18. The van der Waals surface area contributed by atoms with Crippen LogP contribution in [0.25, 0.3) is 0 Å². The molecule has 1 fully saturated rings. The predicted molar refractivity (Wildman–Crippen MR) is 45.1 cm³/mol. The van der Waals surface area contributed by atoms with E-state index in [1.54, 1.807) is 0 Å². The molecule has 0 aromatic carbocycles. The number of hydrogen-bond acceptors (Lipinski definition) is 4. The number of hydrogen-bond donors (Lipinski definition) is 1. The molecule has 1 aliphatic rings. The normalized spacial score (nSPS) is 19.5. The summed E-state index contributed by atoms with van der Waals surface area (Å²) in [5.74, 6) is -0.558. The second-order valence-corrected chi connectivity index (χ2v) is 4.93. The lowest BCUT2D eigenvalue weighted by molar-refractivity contribution is -0.138. The summed E-state index contributed by atoms with van der Waals surface area (Å²) < 4.78 is 23.0. The van der Waals surface area contributed by atoms with Gasteiger partial charge in [0.2, 0.25) is 15.9 Å². The van der Waals surface area contributed by atoms with Crippen molar-refractivity contribution in [3.05, 3.63) is 0 Å². The highest BCUT2D eigenvalue weighted by molar-refractivity contribution is 7.88. The number of nitrogens with one attached hydrogen (secondary N) is 1. The van der Waals surface area contributed by atoms with E-state index in [1.807, 2.05) is 0 Å². The summed E-state index contributed by atoms with van der Waals surface area (Å²) in [4.78, 5) is 15.5. The molecule has 0 spiro atoms. The van der Waals surface area contributed by atoms with Gasteiger partial charge in [-0.3, -0.25) is 9.63 Å². The van der Waals surface area contributed by atoms with Crippen molar-refractivity contribution in [2.24, 2.45) is 5.92 Å². The third-order valence-corrected chi connectivity index (χ3v) is 3.13. The molecule has 0 aromatic heterocycles. The molecule has 76 valence electrons. The quantitative estimate of drug-likeness (QED) is 0.576. The van der Waals surface area contributed by atoms with Crippen LogP contribution in [-0.4, -0.2) is 45.1 Å². The van der Waals surface area contributed by atoms with Crippen LogP contribution in [0.15, 0.2) is 0 Å². The first-order chi connectivity index (χ1) is 5.95. The van der Waals surface area contributed by atoms with Crippen LogP contribution in [0.2, 0.25) is 0 Å². The van der Waals surface area contributed by atoms with Gasteiger partial charge in [-0.25, -0.2) is 18.2 Å². The van der Waals surface area contributed by atoms with Crippen LogP contribution >= 0.6 is 0 Å². The third kappa shape index (κ3) is 2.39. The fourth-order valence-corrected chi connectivity index (χ4v) is 1.96. The Labute approximate surface area is 76.9 Å². The van der Waals surface area contributed by atoms with Crippen LogP contribution < -0.4 is 5.48 Å². The maximum Gasteiger partial charge on any atom is 0.249 e. The first kappa shape index (κ1) is 10.4. The maximum atomic E-state index is 11.0. The minimum atomic E-state index is -3.13. The van der Waals surface area contributed by atoms with Crippen LogP contribution in [-0.2, 0) is 19.7 Å². The van der Waals surface area contributed by atoms with Crippen molar-refractivity contribution < 1.29 is 18.0 Å². The molecule has 7 heteroatoms. The standard InChI is InChI=1S/C6H12N2O4S/c1-12-7-6(9)5-3-8(4-5)13(2,10)11/h5H,3-4H2,1-2H3,(H,7,9). The van der Waals surface area contributed by atoms with Gasteiger partial charge in [-0.15, -0.1) is 0 Å². The van der Waals surface area contributed by atoms with Crippen molar-refractivity contribution in [2.45, 2.75) is 0 Å². The summed E-state index contributed by atoms with van der Waals surface area (Å²) in [6.45, 7) is 0.488. The van der Waals surface area contributed by atoms with E-state index in [0.29, 0.717) is 0 Å². The zero-order chi connectivity index (χ0) is 10.1. The van der Waals surface area contributed by atoms with E-state index in [4.69, 9.17) is 0 Å². The predicted octanol–water partition coefficient (Wildman–Crippen LogP) is -1.44. The molecule has 1 N–H and O–H groups in total. The van der Waals surface area contributed by atoms with Crippen LogP contribution in [0.3, 0.4) is 0 Å². The highest BCUT2D eigenvalue weighted by atomic mass is 32.2. The lowest BCUT2D eigenvalue weighted by Gasteiger charge is -2.35. The van der Waals surface area contributed by atoms with Gasteiger partial charge < -0.3 is 0 Å². The fourth-order valence-electron chi connectivity index (χ4n) is 1.06. The molecule has 0 radical (unpaired) electrons. The molecule has 1 heterocycles. The smallest absolute Gasteiger partial charge is 0.249 e. The summed E-state index contributed by atoms with van der Waals surface area (Å²) >= 11 is 0. The number of rotatable bonds is 3. The van der Waals surface area contributed by atoms with Crippen LogP contribution in [0, 0.1) is 5.92 Å². The average Bonchev–Trinajstić information content (AvgIpc) is 1.79. The van der Waals surface area contributed by atoms with E-state index in [1.165, 1.54) is 11.4 Å². The molecule has 1 amide bonds. The van der Waals surface area contributed by atoms with Crippen molar-refractivity contribution in [3.63, 3.8) is 0 Å². The molecule has 0 aliphatic carbocycles. The minimum Gasteiger partial charge on any atom is -0.277 e. The molecule has 6 nitrogen and oxygen atoms in total. The Bertz CT molecular complexity index is 294. The zero-order valence-electron chi connectivity index (χ0n) is 7.48. The summed E-state index contributed by atoms with van der Waals surface area (Å²) in [6.07, 6.45) is 1.12. The Morgan fingerprint density at radius 1 is 1.54 bits per heavy atom. The number of sulfonamides is 1. The fraction of sp³-hybridized carbons (Fsp3) is 0.833. The molecular formula is C6H12N2O4S. The van der Waals surface area contributed by atoms with Gasteiger partial charge in [-0.05, 0) is 0 Å². The Morgan fingerprint density at radius 3 is 2.46 bits per heavy atom. The Kier molecular flexibility index (Phi) is 2.89. The molecule has 0 saturated carbocycles. The zero-order valence-corrected chi connectivity index (χ0v) is 8.30. The monoisotopic (exact) mass is 208 g/mol. The third-order valence-electron chi connectivity index (χ3n) is 1.89. The molecule has 1 aliphatic heterocycles. The molecule has 13 heavy (non-hydrogen) atoms. The maximum absolute atomic E-state index is 11.0. The second-order valence-electron chi connectivity index (χ2n) is 2.95. The lowest BCUT2D eigenvalue weighted by atomic mass is 10.0. The molecule has 0 atom stereocenters. The number of hydroxylamine groups is 1. The van der Waals surface area contributed by atoms with Gasteiger partial charge in [0.05, 0.1) is 19.3 Å². The van der Waals surface area contributed by atoms with Crippen molar-refractivity contribution >= 4 is 15.9 Å². The van der Waals surface area contributed by atoms with Crippen molar-refractivity contribution in [2.75, 3.05) is 26.5 Å². The average molecular weight is 208 g/mol. The molecular weight excluding hydrogens is 196 g/mol. The first-order valence-electron chi connectivity index (χ1n) is 3.73. The van der Waals surface area contributed by atoms with Gasteiger partial charge in [-0.2, -0.15) is 0 Å². The van der Waals surface area contributed by atoms with Crippen molar-refractivity contribution in [1.82, 2.24) is 9.79 Å². The van der Waals surface area contributed by atoms with Crippen LogP contribution in [0.5, 0.6) is 0 Å². The summed E-state index contributed by atoms with van der Waals surface area (Å²) in [5.41, 5.74) is 2.16. The Morgan fingerprint density at radius 2 is 2.08 bits per heavy atom. The van der Waals surface area contributed by atoms with E-state index in [0.717, 1.165) is 6.26 Å². The second kappa shape index (κ2) is 3.60. The van der Waals surface area contributed by atoms with Crippen LogP contribution in [0.1, 0.15) is 0 Å². The van der Waals surface area contributed by atoms with E-state index in [9.17, 15) is 13.2 Å². The lowest BCUT2D eigenvalue weighted by Crippen LogP contribution is -2.55. The summed E-state index contributed by atoms with van der Waals surface area (Å²) in [6, 6.07) is 0. The van der Waals surface area contributed by atoms with Gasteiger partial charge in [0.1, 0.15) is 0 Å². The Balaban J connectivity index is 2.38. The van der Waals surface area contributed by atoms with Crippen molar-refractivity contribution in [3.8, 4) is 0 Å². The number of nitrogens with zero attached hydrogens (tertiary/aromatic N) is 1. The molecule has 1 saturated heterocycles. The van der Waals surface area contributed by atoms with Crippen LogP contribution in [0.4, 0.5) is 0 Å². The molecule has 0 bridgehead atoms. The van der Waals surface area contributed by atoms with E-state index >= 15 is 0 Å². The molecule has 1 rings (SSSR count). The van der Waals surface area contributed by atoms with E-state index in [-0.39, 0.29) is 24.9 Å². The number of amides is 1. The summed E-state index contributed by atoms with van der Waals surface area (Å²) in [5, 5.41) is 0. The minimum absolute atomic E-state index is 0.244. The van der Waals surface area contributed by atoms with Gasteiger partial charge in [0.15, 0.2) is 0 Å². The molecule has 0 unspecified atom stereocenters. The summed E-state index contributed by atoms with van der Waals surface area (Å²) in [7, 11) is -1.80. The molecule has 0 aromatic rings. The van der Waals surface area contributed by atoms with Crippen molar-refractivity contribution in [1.29, 1.82) is 0 Å². The first-order valence-corrected chi connectivity index (χ1v) is 5.58. The van der Waals surface area contributed by atoms with E-state index < -0.39 is 10.0 Å². The SMILES string of the molecule is CONC(=O)C1CN(S(C)(=O)=O)C1. The highest BCUT2D eigenvalue weighted by Gasteiger charge is 2.37. The number of carbonyl (C=O) groups excluding carboxylic acids is 1. The van der Waals surface area contributed by atoms with Gasteiger partial charge in [0, 0.05) is 13.1 Å². The van der Waals surface area contributed by atoms with E-state index in [2.05, 4.69) is 10.3 Å². The van der Waals surface area contributed by atoms with Gasteiger partial charge in [0.25, 0.3) is 0 Å². The van der Waals surface area contributed by atoms with Gasteiger partial charge in [-0.1, -0.05) is 0 Å². The Hall–Kier alpha value is -0.660.